The van der Waals surface area contributed by atoms with Crippen LogP contribution >= 0.6 is 0 Å². The molecule has 102 valence electrons. The Bertz CT molecular complexity index is 506. The number of carbonyl (C=O) groups excluding carboxylic acids is 1. The molecule has 19 heavy (non-hydrogen) atoms. The Balaban J connectivity index is 2.20. The van der Waals surface area contributed by atoms with Crippen molar-refractivity contribution in [2.24, 2.45) is 0 Å². The van der Waals surface area contributed by atoms with E-state index in [1.54, 1.807) is 18.0 Å². The minimum atomic E-state index is -0.912. The molecule has 1 saturated heterocycles. The lowest BCUT2D eigenvalue weighted by molar-refractivity contribution is -0.139. The summed E-state index contributed by atoms with van der Waals surface area (Å²) < 4.78 is 13.2. The summed E-state index contributed by atoms with van der Waals surface area (Å²) in [6, 6.07) is 5.49. The number of amides is 1. The van der Waals surface area contributed by atoms with Gasteiger partial charge < -0.3 is 10.0 Å². The number of halogens is 1. The van der Waals surface area contributed by atoms with Crippen LogP contribution in [-0.2, 0) is 9.59 Å². The lowest BCUT2D eigenvalue weighted by Crippen LogP contribution is -2.55. The van der Waals surface area contributed by atoms with E-state index < -0.39 is 11.8 Å². The number of nitrogens with zero attached hydrogens (tertiary/aromatic N) is 2. The average molecular weight is 266 g/mol. The normalized spacial score (nSPS) is 20.6. The molecule has 1 unspecified atom stereocenters. The van der Waals surface area contributed by atoms with Crippen LogP contribution in [0.5, 0.6) is 0 Å². The van der Waals surface area contributed by atoms with Gasteiger partial charge in [0.1, 0.15) is 5.82 Å². The van der Waals surface area contributed by atoms with Crippen LogP contribution in [0, 0.1) is 5.82 Å². The second kappa shape index (κ2) is 5.36. The quantitative estimate of drug-likeness (QED) is 0.884. The third kappa shape index (κ3) is 3.08. The molecule has 1 aromatic rings. The van der Waals surface area contributed by atoms with Crippen molar-refractivity contribution < 1.29 is 19.1 Å². The number of likely N-dealkylation sites (N-methyl/N-ethyl adjacent to an activating group) is 1. The standard InChI is InChI=1S/C13H15FN2O3/c1-15-8-12(17)16(7-11(15)6-13(18)19)10-4-2-3-9(14)5-10/h2-5,11H,6-8H2,1H3,(H,18,19). The molecule has 2 rings (SSSR count). The summed E-state index contributed by atoms with van der Waals surface area (Å²) in [5, 5.41) is 8.86. The second-order valence-electron chi connectivity index (χ2n) is 4.65. The Labute approximate surface area is 110 Å². The molecule has 1 aliphatic rings. The van der Waals surface area contributed by atoms with Crippen LogP contribution in [0.3, 0.4) is 0 Å². The van der Waals surface area contributed by atoms with E-state index in [-0.39, 0.29) is 31.5 Å². The lowest BCUT2D eigenvalue weighted by Gasteiger charge is -2.38. The molecule has 6 heteroatoms. The highest BCUT2D eigenvalue weighted by Crippen LogP contribution is 2.21. The Morgan fingerprint density at radius 1 is 1.53 bits per heavy atom. The highest BCUT2D eigenvalue weighted by Gasteiger charge is 2.31. The van der Waals surface area contributed by atoms with E-state index in [1.165, 1.54) is 23.1 Å². The molecule has 0 spiro atoms. The van der Waals surface area contributed by atoms with E-state index in [0.29, 0.717) is 5.69 Å². The number of hydrogen-bond donors (Lipinski definition) is 1. The highest BCUT2D eigenvalue weighted by molar-refractivity contribution is 5.95. The molecule has 1 fully saturated rings. The first-order valence-corrected chi connectivity index (χ1v) is 5.95. The van der Waals surface area contributed by atoms with Crippen molar-refractivity contribution in [3.63, 3.8) is 0 Å². The van der Waals surface area contributed by atoms with E-state index in [1.807, 2.05) is 0 Å². The number of carbonyl (C=O) groups is 2. The van der Waals surface area contributed by atoms with Crippen LogP contribution < -0.4 is 4.90 Å². The maximum atomic E-state index is 13.2. The largest absolute Gasteiger partial charge is 0.481 e. The van der Waals surface area contributed by atoms with Gasteiger partial charge in [0, 0.05) is 18.3 Å². The van der Waals surface area contributed by atoms with Crippen molar-refractivity contribution in [3.05, 3.63) is 30.1 Å². The molecule has 0 aliphatic carbocycles. The van der Waals surface area contributed by atoms with Gasteiger partial charge in [0.15, 0.2) is 0 Å². The van der Waals surface area contributed by atoms with Crippen LogP contribution in [0.25, 0.3) is 0 Å². The van der Waals surface area contributed by atoms with Crippen LogP contribution in [0.1, 0.15) is 6.42 Å². The van der Waals surface area contributed by atoms with Crippen molar-refractivity contribution in [1.82, 2.24) is 4.90 Å². The molecule has 0 aromatic heterocycles. The fraction of sp³-hybridized carbons (Fsp3) is 0.385. The van der Waals surface area contributed by atoms with E-state index >= 15 is 0 Å². The Morgan fingerprint density at radius 3 is 2.89 bits per heavy atom. The molecular formula is C13H15FN2O3. The third-order valence-electron chi connectivity index (χ3n) is 3.23. The highest BCUT2D eigenvalue weighted by atomic mass is 19.1. The van der Waals surface area contributed by atoms with Crippen LogP contribution in [0.15, 0.2) is 24.3 Å². The SMILES string of the molecule is CN1CC(=O)N(c2cccc(F)c2)CC1CC(=O)O. The zero-order valence-corrected chi connectivity index (χ0v) is 10.5. The number of aliphatic carboxylic acids is 1. The molecule has 1 amide bonds. The fourth-order valence-electron chi connectivity index (χ4n) is 2.20. The maximum absolute atomic E-state index is 13.2. The van der Waals surface area contributed by atoms with Crippen LogP contribution in [0.4, 0.5) is 10.1 Å². The number of piperazine rings is 1. The monoisotopic (exact) mass is 266 g/mol. The van der Waals surface area contributed by atoms with Gasteiger partial charge in [0.2, 0.25) is 5.91 Å². The maximum Gasteiger partial charge on any atom is 0.305 e. The Kier molecular flexibility index (Phi) is 3.80. The Morgan fingerprint density at radius 2 is 2.26 bits per heavy atom. The zero-order chi connectivity index (χ0) is 14.0. The first-order chi connectivity index (χ1) is 8.97. The third-order valence-corrected chi connectivity index (χ3v) is 3.23. The first kappa shape index (κ1) is 13.5. The van der Waals surface area contributed by atoms with Gasteiger partial charge in [-0.25, -0.2) is 4.39 Å². The van der Waals surface area contributed by atoms with Crippen molar-refractivity contribution >= 4 is 17.6 Å². The summed E-state index contributed by atoms with van der Waals surface area (Å²) in [4.78, 5) is 25.9. The summed E-state index contributed by atoms with van der Waals surface area (Å²) in [7, 11) is 1.72. The number of hydrogen-bond acceptors (Lipinski definition) is 3. The molecule has 1 N–H and O–H groups in total. The number of benzene rings is 1. The van der Waals surface area contributed by atoms with Gasteiger partial charge in [0.05, 0.1) is 13.0 Å². The zero-order valence-electron chi connectivity index (χ0n) is 10.5. The molecular weight excluding hydrogens is 251 g/mol. The van der Waals surface area contributed by atoms with Crippen molar-refractivity contribution in [1.29, 1.82) is 0 Å². The summed E-state index contributed by atoms with van der Waals surface area (Å²) in [6.45, 7) is 0.388. The molecule has 1 heterocycles. The van der Waals surface area contributed by atoms with Crippen molar-refractivity contribution in [2.45, 2.75) is 12.5 Å². The summed E-state index contributed by atoms with van der Waals surface area (Å²) in [5.74, 6) is -1.49. The van der Waals surface area contributed by atoms with Gasteiger partial charge in [-0.2, -0.15) is 0 Å². The van der Waals surface area contributed by atoms with E-state index in [4.69, 9.17) is 5.11 Å². The second-order valence-corrected chi connectivity index (χ2v) is 4.65. The summed E-state index contributed by atoms with van der Waals surface area (Å²) >= 11 is 0. The minimum absolute atomic E-state index is 0.0460. The Hall–Kier alpha value is -1.95. The lowest BCUT2D eigenvalue weighted by atomic mass is 10.1. The first-order valence-electron chi connectivity index (χ1n) is 5.95. The van der Waals surface area contributed by atoms with Gasteiger partial charge >= 0.3 is 5.97 Å². The van der Waals surface area contributed by atoms with Gasteiger partial charge in [-0.3, -0.25) is 14.5 Å². The summed E-state index contributed by atoms with van der Waals surface area (Å²) in [6.07, 6.45) is -0.0460. The minimum Gasteiger partial charge on any atom is -0.481 e. The van der Waals surface area contributed by atoms with Crippen LogP contribution in [-0.4, -0.2) is 48.1 Å². The van der Waals surface area contributed by atoms with Gasteiger partial charge in [-0.15, -0.1) is 0 Å². The predicted octanol–water partition coefficient (Wildman–Crippen LogP) is 0.947. The van der Waals surface area contributed by atoms with Gasteiger partial charge in [-0.1, -0.05) is 6.07 Å². The number of rotatable bonds is 3. The molecule has 1 atom stereocenters. The van der Waals surface area contributed by atoms with Crippen molar-refractivity contribution in [2.75, 3.05) is 25.0 Å². The molecule has 0 radical (unpaired) electrons. The topological polar surface area (TPSA) is 60.9 Å². The fourth-order valence-corrected chi connectivity index (χ4v) is 2.20. The predicted molar refractivity (Wildman–Crippen MR) is 67.4 cm³/mol. The molecule has 1 aliphatic heterocycles. The number of carboxylic acids is 1. The molecule has 1 aromatic carbocycles. The van der Waals surface area contributed by atoms with E-state index in [0.717, 1.165) is 0 Å². The molecule has 0 saturated carbocycles. The molecule has 5 nitrogen and oxygen atoms in total. The van der Waals surface area contributed by atoms with E-state index in [9.17, 15) is 14.0 Å². The smallest absolute Gasteiger partial charge is 0.305 e. The van der Waals surface area contributed by atoms with Gasteiger partial charge in [0.25, 0.3) is 0 Å². The number of carboxylic acid groups (broad SMARTS) is 1. The van der Waals surface area contributed by atoms with Crippen molar-refractivity contribution in [3.8, 4) is 0 Å². The van der Waals surface area contributed by atoms with Gasteiger partial charge in [-0.05, 0) is 25.2 Å². The molecule has 0 bridgehead atoms. The van der Waals surface area contributed by atoms with E-state index in [2.05, 4.69) is 0 Å². The number of anilines is 1. The average Bonchev–Trinajstić information content (AvgIpc) is 2.32. The van der Waals surface area contributed by atoms with Crippen LogP contribution in [0.2, 0.25) is 0 Å². The summed E-state index contributed by atoms with van der Waals surface area (Å²) in [5.41, 5.74) is 0.466.